The minimum Gasteiger partial charge on any atom is -0.405 e. The first-order chi connectivity index (χ1) is 13.5. The maximum absolute atomic E-state index is 12.0. The van der Waals surface area contributed by atoms with Gasteiger partial charge in [0, 0.05) is 25.5 Å². The van der Waals surface area contributed by atoms with Crippen LogP contribution in [-0.2, 0) is 25.8 Å². The highest BCUT2D eigenvalue weighted by molar-refractivity contribution is 6.01. The molecule has 2 aromatic rings. The summed E-state index contributed by atoms with van der Waals surface area (Å²) in [7, 11) is 0. The number of nitrogens with zero attached hydrogens (tertiary/aromatic N) is 3. The number of hydrogen-bond acceptors (Lipinski definition) is 8. The molecule has 0 bridgehead atoms. The highest BCUT2D eigenvalue weighted by Gasteiger charge is 2.32. The molecule has 0 radical (unpaired) electrons. The summed E-state index contributed by atoms with van der Waals surface area (Å²) in [5, 5.41) is 3.29. The lowest BCUT2D eigenvalue weighted by molar-refractivity contribution is -0.197. The van der Waals surface area contributed by atoms with E-state index in [1.165, 1.54) is 12.3 Å². The lowest BCUT2D eigenvalue weighted by Crippen LogP contribution is -2.32. The average Bonchev–Trinajstić information content (AvgIpc) is 3.00. The standard InChI is InChI=1S/C18H18N4O6/c23-15-6-7-16(24)22(15)28-17(25)8-10-19-14-9-11-21(18(26)20-14)27-12-13-4-2-1-3-5-13/h1-5,9,11H,6-8,10,12H2,(H,19,20,26). The van der Waals surface area contributed by atoms with Crippen LogP contribution in [0.4, 0.5) is 5.82 Å². The molecule has 1 aromatic carbocycles. The van der Waals surface area contributed by atoms with Gasteiger partial charge in [0.05, 0.1) is 12.6 Å². The molecule has 10 nitrogen and oxygen atoms in total. The van der Waals surface area contributed by atoms with Gasteiger partial charge in [-0.15, -0.1) is 9.79 Å². The van der Waals surface area contributed by atoms with Gasteiger partial charge in [-0.1, -0.05) is 30.3 Å². The monoisotopic (exact) mass is 386 g/mol. The van der Waals surface area contributed by atoms with Crippen LogP contribution in [-0.4, -0.2) is 39.1 Å². The third-order valence-electron chi connectivity index (χ3n) is 3.82. The molecular weight excluding hydrogens is 368 g/mol. The maximum atomic E-state index is 12.0. The number of hydroxylamine groups is 2. The van der Waals surface area contributed by atoms with Crippen LogP contribution >= 0.6 is 0 Å². The van der Waals surface area contributed by atoms with Crippen molar-refractivity contribution >= 4 is 23.6 Å². The predicted molar refractivity (Wildman–Crippen MR) is 95.5 cm³/mol. The molecule has 0 spiro atoms. The van der Waals surface area contributed by atoms with E-state index in [1.807, 2.05) is 30.3 Å². The number of carbonyl (C=O) groups excluding carboxylic acids is 3. The molecule has 1 aliphatic heterocycles. The average molecular weight is 386 g/mol. The zero-order chi connectivity index (χ0) is 19.9. The molecule has 0 atom stereocenters. The van der Waals surface area contributed by atoms with Crippen molar-refractivity contribution in [1.29, 1.82) is 0 Å². The number of hydrogen-bond donors (Lipinski definition) is 1. The van der Waals surface area contributed by atoms with E-state index >= 15 is 0 Å². The van der Waals surface area contributed by atoms with Crippen molar-refractivity contribution in [1.82, 2.24) is 14.8 Å². The van der Waals surface area contributed by atoms with Gasteiger partial charge in [0.25, 0.3) is 11.8 Å². The van der Waals surface area contributed by atoms with Crippen LogP contribution in [0.25, 0.3) is 0 Å². The molecule has 1 saturated heterocycles. The summed E-state index contributed by atoms with van der Waals surface area (Å²) in [5.74, 6) is -1.56. The third-order valence-corrected chi connectivity index (χ3v) is 3.82. The topological polar surface area (TPSA) is 120 Å². The fourth-order valence-electron chi connectivity index (χ4n) is 2.40. The lowest BCUT2D eigenvalue weighted by atomic mass is 10.2. The number of aromatic nitrogens is 2. The molecule has 2 amide bonds. The SMILES string of the molecule is O=C(CCNc1ccn(OCc2ccccc2)c(=O)n1)ON1C(=O)CCC1=O. The predicted octanol–water partition coefficient (Wildman–Crippen LogP) is 0.281. The Bertz CT molecular complexity index is 911. The van der Waals surface area contributed by atoms with Crippen molar-refractivity contribution in [2.24, 2.45) is 0 Å². The summed E-state index contributed by atoms with van der Waals surface area (Å²) in [6.45, 7) is 0.325. The molecule has 1 N–H and O–H groups in total. The van der Waals surface area contributed by atoms with E-state index in [2.05, 4.69) is 10.3 Å². The van der Waals surface area contributed by atoms with Crippen LogP contribution in [0.15, 0.2) is 47.4 Å². The molecule has 2 heterocycles. The van der Waals surface area contributed by atoms with Crippen LogP contribution in [0.5, 0.6) is 0 Å². The van der Waals surface area contributed by atoms with Gasteiger partial charge in [0.2, 0.25) is 0 Å². The van der Waals surface area contributed by atoms with E-state index < -0.39 is 23.5 Å². The second-order valence-electron chi connectivity index (χ2n) is 5.90. The first-order valence-corrected chi connectivity index (χ1v) is 8.60. The molecule has 146 valence electrons. The largest absolute Gasteiger partial charge is 0.405 e. The molecule has 1 aromatic heterocycles. The van der Waals surface area contributed by atoms with E-state index in [9.17, 15) is 19.2 Å². The van der Waals surface area contributed by atoms with E-state index in [1.54, 1.807) is 0 Å². The Hall–Kier alpha value is -3.69. The van der Waals surface area contributed by atoms with Crippen molar-refractivity contribution < 1.29 is 24.1 Å². The van der Waals surface area contributed by atoms with Gasteiger partial charge < -0.3 is 15.0 Å². The molecule has 28 heavy (non-hydrogen) atoms. The van der Waals surface area contributed by atoms with Gasteiger partial charge in [0.15, 0.2) is 0 Å². The highest BCUT2D eigenvalue weighted by atomic mass is 16.7. The van der Waals surface area contributed by atoms with Gasteiger partial charge in [-0.25, -0.2) is 9.59 Å². The summed E-state index contributed by atoms with van der Waals surface area (Å²) in [4.78, 5) is 60.4. The second-order valence-corrected chi connectivity index (χ2v) is 5.90. The quantitative estimate of drug-likeness (QED) is 0.643. The highest BCUT2D eigenvalue weighted by Crippen LogP contribution is 2.12. The fourth-order valence-corrected chi connectivity index (χ4v) is 2.40. The van der Waals surface area contributed by atoms with Gasteiger partial charge in [-0.05, 0) is 5.56 Å². The number of imide groups is 1. The number of amides is 2. The Morgan fingerprint density at radius 2 is 1.79 bits per heavy atom. The number of carbonyl (C=O) groups is 3. The summed E-state index contributed by atoms with van der Waals surface area (Å²) in [5.41, 5.74) is 0.293. The number of rotatable bonds is 8. The smallest absolute Gasteiger partial charge is 0.382 e. The zero-order valence-electron chi connectivity index (χ0n) is 14.9. The van der Waals surface area contributed by atoms with Crippen LogP contribution in [0.1, 0.15) is 24.8 Å². The van der Waals surface area contributed by atoms with Crippen LogP contribution in [0, 0.1) is 0 Å². The van der Waals surface area contributed by atoms with Crippen molar-refractivity contribution in [3.63, 3.8) is 0 Å². The van der Waals surface area contributed by atoms with E-state index in [0.717, 1.165) is 10.3 Å². The van der Waals surface area contributed by atoms with E-state index in [0.29, 0.717) is 5.06 Å². The van der Waals surface area contributed by atoms with Crippen LogP contribution in [0.3, 0.4) is 0 Å². The fraction of sp³-hybridized carbons (Fsp3) is 0.278. The first-order valence-electron chi connectivity index (χ1n) is 8.60. The molecule has 10 heteroatoms. The Balaban J connectivity index is 1.45. The van der Waals surface area contributed by atoms with Crippen molar-refractivity contribution in [3.8, 4) is 0 Å². The molecule has 3 rings (SSSR count). The molecule has 0 saturated carbocycles. The Morgan fingerprint density at radius 1 is 1.07 bits per heavy atom. The maximum Gasteiger partial charge on any atom is 0.382 e. The minimum absolute atomic E-state index is 0.0386. The second kappa shape index (κ2) is 8.80. The first kappa shape index (κ1) is 19.1. The Labute approximate surface area is 159 Å². The summed E-state index contributed by atoms with van der Waals surface area (Å²) in [6.07, 6.45) is 1.38. The number of nitrogens with one attached hydrogen (secondary N) is 1. The molecule has 1 aliphatic rings. The zero-order valence-corrected chi connectivity index (χ0v) is 14.9. The number of anilines is 1. The van der Waals surface area contributed by atoms with Crippen molar-refractivity contribution in [2.75, 3.05) is 11.9 Å². The van der Waals surface area contributed by atoms with E-state index in [4.69, 9.17) is 9.68 Å². The minimum atomic E-state index is -0.740. The van der Waals surface area contributed by atoms with Gasteiger partial charge in [-0.2, -0.15) is 4.98 Å². The molecule has 0 unspecified atom stereocenters. The molecule has 1 fully saturated rings. The molecule has 0 aliphatic carbocycles. The van der Waals surface area contributed by atoms with Gasteiger partial charge in [-0.3, -0.25) is 9.59 Å². The molecular formula is C18H18N4O6. The van der Waals surface area contributed by atoms with Gasteiger partial charge >= 0.3 is 11.7 Å². The van der Waals surface area contributed by atoms with Crippen molar-refractivity contribution in [2.45, 2.75) is 25.9 Å². The lowest BCUT2D eigenvalue weighted by Gasteiger charge is -2.13. The van der Waals surface area contributed by atoms with Crippen LogP contribution in [0.2, 0.25) is 0 Å². The number of benzene rings is 1. The summed E-state index contributed by atoms with van der Waals surface area (Å²) >= 11 is 0. The van der Waals surface area contributed by atoms with Gasteiger partial charge in [0.1, 0.15) is 12.4 Å². The van der Waals surface area contributed by atoms with Crippen LogP contribution < -0.4 is 15.8 Å². The summed E-state index contributed by atoms with van der Waals surface area (Å²) in [6, 6.07) is 10.9. The third kappa shape index (κ3) is 4.93. The van der Waals surface area contributed by atoms with Crippen molar-refractivity contribution in [3.05, 3.63) is 58.6 Å². The normalized spacial score (nSPS) is 13.5. The Kier molecular flexibility index (Phi) is 6.00. The Morgan fingerprint density at radius 3 is 2.46 bits per heavy atom. The van der Waals surface area contributed by atoms with E-state index in [-0.39, 0.29) is 38.2 Å². The summed E-state index contributed by atoms with van der Waals surface area (Å²) < 4.78 is 1.01.